The van der Waals surface area contributed by atoms with Crippen molar-refractivity contribution in [3.05, 3.63) is 99.4 Å². The van der Waals surface area contributed by atoms with Crippen molar-refractivity contribution in [2.75, 3.05) is 0 Å². The Hall–Kier alpha value is -3.10. The Morgan fingerprint density at radius 2 is 1.79 bits per heavy atom. The molecule has 0 radical (unpaired) electrons. The number of ether oxygens (including phenoxy) is 1. The molecule has 8 heteroatoms. The van der Waals surface area contributed by atoms with Gasteiger partial charge in [0.25, 0.3) is 5.56 Å². The van der Waals surface area contributed by atoms with Crippen LogP contribution < -0.4 is 15.6 Å². The predicted octanol–water partition coefficient (Wildman–Crippen LogP) is 3.21. The number of hydrogen-bond acceptors (Lipinski definition) is 4. The Morgan fingerprint density at radius 3 is 2.52 bits per heavy atom. The monoisotopic (exact) mass is 414 g/mol. The second-order valence-corrected chi connectivity index (χ2v) is 7.29. The highest BCUT2D eigenvalue weighted by Gasteiger charge is 2.18. The molecule has 2 N–H and O–H groups in total. The van der Waals surface area contributed by atoms with E-state index in [0.717, 1.165) is 11.1 Å². The fraction of sp³-hybridized carbons (Fsp3) is 0.143. The average molecular weight is 414 g/mol. The summed E-state index contributed by atoms with van der Waals surface area (Å²) in [4.78, 5) is 17.4. The Labute approximate surface area is 169 Å². The van der Waals surface area contributed by atoms with E-state index in [4.69, 9.17) is 0 Å². The summed E-state index contributed by atoms with van der Waals surface area (Å²) in [6.07, 6.45) is 1.71. The van der Waals surface area contributed by atoms with E-state index in [2.05, 4.69) is 15.0 Å². The van der Waals surface area contributed by atoms with Crippen LogP contribution in [0.3, 0.4) is 0 Å². The number of aromatic nitrogens is 2. The van der Waals surface area contributed by atoms with Gasteiger partial charge in [0.05, 0.1) is 0 Å². The molecule has 0 aliphatic heterocycles. The van der Waals surface area contributed by atoms with E-state index >= 15 is 0 Å². The average Bonchev–Trinajstić information content (AvgIpc) is 3.19. The molecule has 0 aliphatic rings. The molecule has 0 aliphatic carbocycles. The van der Waals surface area contributed by atoms with Crippen molar-refractivity contribution in [3.8, 4) is 5.75 Å². The van der Waals surface area contributed by atoms with Gasteiger partial charge in [0.15, 0.2) is 4.96 Å². The normalized spacial score (nSPS) is 12.4. The molecule has 0 spiro atoms. The van der Waals surface area contributed by atoms with Crippen molar-refractivity contribution in [2.24, 2.45) is 0 Å². The summed E-state index contributed by atoms with van der Waals surface area (Å²) in [6.45, 7) is -2.35. The molecular formula is C21H18F2N3O2S+. The minimum absolute atomic E-state index is 0.0830. The molecule has 5 nitrogen and oxygen atoms in total. The minimum atomic E-state index is -2.85. The van der Waals surface area contributed by atoms with Crippen LogP contribution in [-0.2, 0) is 6.54 Å². The number of nitrogens with two attached hydrogens (primary N) is 1. The van der Waals surface area contributed by atoms with E-state index in [1.807, 2.05) is 35.7 Å². The van der Waals surface area contributed by atoms with Crippen molar-refractivity contribution in [1.82, 2.24) is 9.38 Å². The van der Waals surface area contributed by atoms with E-state index in [1.165, 1.54) is 33.9 Å². The number of halogens is 2. The lowest BCUT2D eigenvalue weighted by atomic mass is 9.98. The molecule has 0 saturated heterocycles. The zero-order valence-electron chi connectivity index (χ0n) is 15.2. The van der Waals surface area contributed by atoms with Crippen molar-refractivity contribution in [3.63, 3.8) is 0 Å². The second-order valence-electron chi connectivity index (χ2n) is 6.42. The highest BCUT2D eigenvalue weighted by atomic mass is 32.1. The van der Waals surface area contributed by atoms with Gasteiger partial charge in [-0.15, -0.1) is 11.3 Å². The fourth-order valence-corrected chi connectivity index (χ4v) is 3.95. The maximum atomic E-state index is 12.4. The first-order valence-electron chi connectivity index (χ1n) is 8.99. The quantitative estimate of drug-likeness (QED) is 0.505. The molecular weight excluding hydrogens is 396 g/mol. The third-order valence-corrected chi connectivity index (χ3v) is 5.30. The van der Waals surface area contributed by atoms with E-state index in [9.17, 15) is 13.6 Å². The van der Waals surface area contributed by atoms with Crippen molar-refractivity contribution in [1.29, 1.82) is 0 Å². The molecule has 2 heterocycles. The lowest BCUT2D eigenvalue weighted by Crippen LogP contribution is -2.84. The van der Waals surface area contributed by atoms with Crippen molar-refractivity contribution >= 4 is 16.3 Å². The third kappa shape index (κ3) is 4.49. The summed E-state index contributed by atoms with van der Waals surface area (Å²) in [6, 6.07) is 17.9. The van der Waals surface area contributed by atoms with E-state index < -0.39 is 6.61 Å². The summed E-state index contributed by atoms with van der Waals surface area (Å²) in [5, 5.41) is 3.90. The van der Waals surface area contributed by atoms with Crippen LogP contribution in [0, 0.1) is 0 Å². The van der Waals surface area contributed by atoms with E-state index in [-0.39, 0.29) is 17.4 Å². The Balaban J connectivity index is 1.59. The number of hydrogen-bond donors (Lipinski definition) is 1. The van der Waals surface area contributed by atoms with Gasteiger partial charge < -0.3 is 10.1 Å². The molecule has 0 unspecified atom stereocenters. The van der Waals surface area contributed by atoms with Crippen LogP contribution in [0.5, 0.6) is 5.75 Å². The number of alkyl halides is 2. The Bertz CT molecular complexity index is 1140. The van der Waals surface area contributed by atoms with Crippen LogP contribution in [0.2, 0.25) is 0 Å². The van der Waals surface area contributed by atoms with Crippen molar-refractivity contribution in [2.45, 2.75) is 19.2 Å². The van der Waals surface area contributed by atoms with Gasteiger partial charge in [0.2, 0.25) is 0 Å². The molecule has 4 rings (SSSR count). The number of nitrogens with zero attached hydrogens (tertiary/aromatic N) is 2. The molecule has 0 saturated carbocycles. The third-order valence-electron chi connectivity index (χ3n) is 4.54. The second kappa shape index (κ2) is 8.50. The first-order chi connectivity index (χ1) is 14.1. The zero-order chi connectivity index (χ0) is 20.2. The fourth-order valence-electron chi connectivity index (χ4n) is 3.21. The number of quaternary nitrogens is 1. The molecule has 4 aromatic rings. The maximum Gasteiger partial charge on any atom is 0.387 e. The van der Waals surface area contributed by atoms with Gasteiger partial charge in [-0.1, -0.05) is 30.3 Å². The molecule has 29 heavy (non-hydrogen) atoms. The summed E-state index contributed by atoms with van der Waals surface area (Å²) >= 11 is 1.41. The van der Waals surface area contributed by atoms with Crippen molar-refractivity contribution < 1.29 is 18.8 Å². The van der Waals surface area contributed by atoms with E-state index in [0.29, 0.717) is 17.2 Å². The molecule has 0 fully saturated rings. The number of fused-ring (bicyclic) bond motifs is 1. The van der Waals surface area contributed by atoms with Gasteiger partial charge in [0.1, 0.15) is 24.0 Å². The SMILES string of the molecule is O=c1cc(C[NH2+][C@H](c2ccccc2)c2ccc(OC(F)F)cc2)nc2sccn12. The number of thiazole rings is 1. The van der Waals surface area contributed by atoms with Crippen LogP contribution >= 0.6 is 11.3 Å². The first kappa shape index (κ1) is 19.2. The van der Waals surface area contributed by atoms with Gasteiger partial charge in [-0.05, 0) is 24.3 Å². The van der Waals surface area contributed by atoms with Crippen LogP contribution in [0.1, 0.15) is 22.9 Å². The molecule has 1 atom stereocenters. The zero-order valence-corrected chi connectivity index (χ0v) is 16.1. The summed E-state index contributed by atoms with van der Waals surface area (Å²) in [5.41, 5.74) is 2.58. The van der Waals surface area contributed by atoms with E-state index in [1.54, 1.807) is 18.3 Å². The summed E-state index contributed by atoms with van der Waals surface area (Å²) in [5.74, 6) is 0.119. The highest BCUT2D eigenvalue weighted by Crippen LogP contribution is 2.22. The minimum Gasteiger partial charge on any atom is -0.435 e. The van der Waals surface area contributed by atoms with Crippen LogP contribution in [0.4, 0.5) is 8.78 Å². The maximum absolute atomic E-state index is 12.4. The topological polar surface area (TPSA) is 60.2 Å². The summed E-state index contributed by atoms with van der Waals surface area (Å²) in [7, 11) is 0. The summed E-state index contributed by atoms with van der Waals surface area (Å²) < 4.78 is 30.8. The van der Waals surface area contributed by atoms with Crippen LogP contribution in [0.15, 0.2) is 77.0 Å². The predicted molar refractivity (Wildman–Crippen MR) is 106 cm³/mol. The van der Waals surface area contributed by atoms with Crippen LogP contribution in [0.25, 0.3) is 4.96 Å². The smallest absolute Gasteiger partial charge is 0.387 e. The molecule has 0 bridgehead atoms. The molecule has 2 aromatic carbocycles. The number of benzene rings is 2. The van der Waals surface area contributed by atoms with Gasteiger partial charge >= 0.3 is 6.61 Å². The highest BCUT2D eigenvalue weighted by molar-refractivity contribution is 7.15. The first-order valence-corrected chi connectivity index (χ1v) is 9.87. The molecule has 0 amide bonds. The standard InChI is InChI=1S/C21H17F2N3O2S/c22-20(23)28-17-8-6-15(7-9-17)19(14-4-2-1-3-5-14)24-13-16-12-18(27)26-10-11-29-21(26)25-16/h1-12,19-20,24H,13H2/p+1/t19-/m1/s1. The largest absolute Gasteiger partial charge is 0.435 e. The lowest BCUT2D eigenvalue weighted by Gasteiger charge is -2.17. The Kier molecular flexibility index (Phi) is 5.64. The van der Waals surface area contributed by atoms with Gasteiger partial charge in [-0.25, -0.2) is 4.98 Å². The lowest BCUT2D eigenvalue weighted by molar-refractivity contribution is -0.702. The number of rotatable bonds is 7. The molecule has 148 valence electrons. The van der Waals surface area contributed by atoms with Gasteiger partial charge in [0, 0.05) is 28.8 Å². The van der Waals surface area contributed by atoms with Gasteiger partial charge in [-0.2, -0.15) is 8.78 Å². The van der Waals surface area contributed by atoms with Crippen LogP contribution in [-0.4, -0.2) is 16.0 Å². The molecule has 2 aromatic heterocycles. The Morgan fingerprint density at radius 1 is 1.07 bits per heavy atom. The van der Waals surface area contributed by atoms with Gasteiger partial charge in [-0.3, -0.25) is 9.20 Å².